The Kier molecular flexibility index (Phi) is 5.89. The Balaban J connectivity index is 1.86. The first-order chi connectivity index (χ1) is 10.7. The highest BCUT2D eigenvalue weighted by Gasteiger charge is 2.07. The molecule has 0 radical (unpaired) electrons. The first kappa shape index (κ1) is 15.9. The zero-order valence-electron chi connectivity index (χ0n) is 13.1. The van der Waals surface area contributed by atoms with Crippen LogP contribution in [0.2, 0.25) is 0 Å². The summed E-state index contributed by atoms with van der Waals surface area (Å²) in [6, 6.07) is 11.8. The molecule has 2 aromatic rings. The van der Waals surface area contributed by atoms with Crippen molar-refractivity contribution in [1.82, 2.24) is 15.5 Å². The monoisotopic (exact) mass is 298 g/mol. The van der Waals surface area contributed by atoms with Gasteiger partial charge in [-0.25, -0.2) is 0 Å². The van der Waals surface area contributed by atoms with E-state index in [2.05, 4.69) is 58.9 Å². The first-order valence-electron chi connectivity index (χ1n) is 7.60. The number of hydrogen-bond donors (Lipinski definition) is 2. The van der Waals surface area contributed by atoms with Crippen LogP contribution < -0.4 is 10.6 Å². The fourth-order valence-corrected chi connectivity index (χ4v) is 1.92. The Hall–Kier alpha value is -2.43. The molecule has 2 rings (SSSR count). The molecule has 2 N–H and O–H groups in total. The van der Waals surface area contributed by atoms with Crippen LogP contribution in [0, 0.1) is 6.92 Å². The van der Waals surface area contributed by atoms with Crippen molar-refractivity contribution in [3.8, 4) is 0 Å². The normalized spacial score (nSPS) is 10.3. The van der Waals surface area contributed by atoms with E-state index in [1.165, 1.54) is 11.1 Å². The molecule has 1 aromatic carbocycles. The highest BCUT2D eigenvalue weighted by Crippen LogP contribution is 2.07. The number of anilines is 1. The number of rotatable bonds is 7. The summed E-state index contributed by atoms with van der Waals surface area (Å²) >= 11 is 0. The molecule has 0 aliphatic heterocycles. The van der Waals surface area contributed by atoms with E-state index in [1.807, 2.05) is 0 Å². The van der Waals surface area contributed by atoms with Gasteiger partial charge < -0.3 is 10.6 Å². The van der Waals surface area contributed by atoms with Gasteiger partial charge in [-0.3, -0.25) is 4.79 Å². The summed E-state index contributed by atoms with van der Waals surface area (Å²) in [6.07, 6.45) is 2.02. The van der Waals surface area contributed by atoms with Crippen LogP contribution in [0.25, 0.3) is 0 Å². The maximum atomic E-state index is 11.8. The molecule has 0 saturated heterocycles. The molecule has 0 bridgehead atoms. The molecule has 5 nitrogen and oxygen atoms in total. The number of carbonyl (C=O) groups is 1. The number of aryl methyl sites for hydroxylation is 1. The van der Waals surface area contributed by atoms with Crippen molar-refractivity contribution in [2.75, 3.05) is 11.9 Å². The van der Waals surface area contributed by atoms with Gasteiger partial charge in [-0.2, -0.15) is 0 Å². The summed E-state index contributed by atoms with van der Waals surface area (Å²) in [5.41, 5.74) is 2.76. The predicted molar refractivity (Wildman–Crippen MR) is 87.8 cm³/mol. The van der Waals surface area contributed by atoms with Gasteiger partial charge in [0.1, 0.15) is 5.82 Å². The van der Waals surface area contributed by atoms with Gasteiger partial charge in [-0.05, 0) is 31.0 Å². The Bertz CT molecular complexity index is 593. The predicted octanol–water partition coefficient (Wildman–Crippen LogP) is 2.93. The second kappa shape index (κ2) is 8.12. The van der Waals surface area contributed by atoms with E-state index in [-0.39, 0.29) is 5.91 Å². The molecule has 0 unspecified atom stereocenters. The van der Waals surface area contributed by atoms with Gasteiger partial charge in [-0.15, -0.1) is 10.2 Å². The smallest absolute Gasteiger partial charge is 0.271 e. The molecule has 0 fully saturated rings. The third-order valence-corrected chi connectivity index (χ3v) is 3.31. The quantitative estimate of drug-likeness (QED) is 0.771. The van der Waals surface area contributed by atoms with Crippen molar-refractivity contribution in [3.05, 3.63) is 53.2 Å². The molecule has 5 heteroatoms. The number of hydrogen-bond acceptors (Lipinski definition) is 4. The molecule has 0 saturated carbocycles. The van der Waals surface area contributed by atoms with E-state index in [0.717, 1.165) is 12.8 Å². The summed E-state index contributed by atoms with van der Waals surface area (Å²) < 4.78 is 0. The molecule has 116 valence electrons. The van der Waals surface area contributed by atoms with Crippen molar-refractivity contribution in [3.63, 3.8) is 0 Å². The van der Waals surface area contributed by atoms with Gasteiger partial charge >= 0.3 is 0 Å². The van der Waals surface area contributed by atoms with Crippen molar-refractivity contribution in [1.29, 1.82) is 0 Å². The summed E-state index contributed by atoms with van der Waals surface area (Å²) in [6.45, 7) is 5.49. The van der Waals surface area contributed by atoms with Crippen LogP contribution in [0.15, 0.2) is 36.4 Å². The molecule has 0 aliphatic carbocycles. The van der Waals surface area contributed by atoms with Gasteiger partial charge in [0.15, 0.2) is 5.69 Å². The minimum atomic E-state index is -0.175. The standard InChI is InChI=1S/C17H22N4O/c1-3-4-11-18-17(22)15-9-10-16(21-20-15)19-12-14-7-5-13(2)6-8-14/h5-10H,3-4,11-12H2,1-2H3,(H,18,22)(H,19,21). The molecule has 1 heterocycles. The number of nitrogens with one attached hydrogen (secondary N) is 2. The summed E-state index contributed by atoms with van der Waals surface area (Å²) in [7, 11) is 0. The lowest BCUT2D eigenvalue weighted by Gasteiger charge is -2.06. The fourth-order valence-electron chi connectivity index (χ4n) is 1.92. The average Bonchev–Trinajstić information content (AvgIpc) is 2.55. The molecular weight excluding hydrogens is 276 g/mol. The largest absolute Gasteiger partial charge is 0.365 e. The van der Waals surface area contributed by atoms with Gasteiger partial charge in [-0.1, -0.05) is 43.2 Å². The summed E-state index contributed by atoms with van der Waals surface area (Å²) in [5.74, 6) is 0.483. The van der Waals surface area contributed by atoms with Crippen LogP contribution in [0.5, 0.6) is 0 Å². The summed E-state index contributed by atoms with van der Waals surface area (Å²) in [4.78, 5) is 11.8. The topological polar surface area (TPSA) is 66.9 Å². The molecule has 1 amide bonds. The maximum Gasteiger partial charge on any atom is 0.271 e. The molecular formula is C17H22N4O. The minimum absolute atomic E-state index is 0.175. The second-order valence-electron chi connectivity index (χ2n) is 5.25. The average molecular weight is 298 g/mol. The van der Waals surface area contributed by atoms with Crippen molar-refractivity contribution < 1.29 is 4.79 Å². The number of amides is 1. The van der Waals surface area contributed by atoms with Crippen molar-refractivity contribution in [2.24, 2.45) is 0 Å². The third-order valence-electron chi connectivity index (χ3n) is 3.31. The van der Waals surface area contributed by atoms with E-state index in [4.69, 9.17) is 0 Å². The number of nitrogens with zero attached hydrogens (tertiary/aromatic N) is 2. The SMILES string of the molecule is CCCCNC(=O)c1ccc(NCc2ccc(C)cc2)nn1. The van der Waals surface area contributed by atoms with Gasteiger partial charge in [0.05, 0.1) is 0 Å². The van der Waals surface area contributed by atoms with Crippen molar-refractivity contribution in [2.45, 2.75) is 33.2 Å². The Morgan fingerprint density at radius 1 is 1.09 bits per heavy atom. The number of unbranched alkanes of at least 4 members (excludes halogenated alkanes) is 1. The van der Waals surface area contributed by atoms with Crippen LogP contribution in [0.3, 0.4) is 0 Å². The van der Waals surface area contributed by atoms with E-state index in [0.29, 0.717) is 24.6 Å². The second-order valence-corrected chi connectivity index (χ2v) is 5.25. The number of aromatic nitrogens is 2. The van der Waals surface area contributed by atoms with Gasteiger partial charge in [0.25, 0.3) is 5.91 Å². The fraction of sp³-hybridized carbons (Fsp3) is 0.353. The Labute approximate surface area is 131 Å². The first-order valence-corrected chi connectivity index (χ1v) is 7.60. The van der Waals surface area contributed by atoms with E-state index in [1.54, 1.807) is 12.1 Å². The van der Waals surface area contributed by atoms with E-state index in [9.17, 15) is 4.79 Å². The van der Waals surface area contributed by atoms with Gasteiger partial charge in [0.2, 0.25) is 0 Å². The molecule has 1 aromatic heterocycles. The number of carbonyl (C=O) groups excluding carboxylic acids is 1. The van der Waals surface area contributed by atoms with Gasteiger partial charge in [0, 0.05) is 13.1 Å². The van der Waals surface area contributed by atoms with E-state index >= 15 is 0 Å². The molecule has 0 aliphatic rings. The maximum absolute atomic E-state index is 11.8. The third kappa shape index (κ3) is 4.84. The van der Waals surface area contributed by atoms with E-state index < -0.39 is 0 Å². The minimum Gasteiger partial charge on any atom is -0.365 e. The Morgan fingerprint density at radius 2 is 1.86 bits per heavy atom. The van der Waals surface area contributed by atoms with Crippen LogP contribution in [0.1, 0.15) is 41.4 Å². The highest BCUT2D eigenvalue weighted by atomic mass is 16.1. The lowest BCUT2D eigenvalue weighted by atomic mass is 10.1. The zero-order chi connectivity index (χ0) is 15.8. The van der Waals surface area contributed by atoms with Crippen LogP contribution in [-0.2, 0) is 6.54 Å². The molecule has 0 atom stereocenters. The highest BCUT2D eigenvalue weighted by molar-refractivity contribution is 5.92. The number of benzene rings is 1. The lowest BCUT2D eigenvalue weighted by Crippen LogP contribution is -2.25. The van der Waals surface area contributed by atoms with Crippen LogP contribution in [0.4, 0.5) is 5.82 Å². The summed E-state index contributed by atoms with van der Waals surface area (Å²) in [5, 5.41) is 14.0. The van der Waals surface area contributed by atoms with Crippen LogP contribution >= 0.6 is 0 Å². The molecule has 0 spiro atoms. The zero-order valence-corrected chi connectivity index (χ0v) is 13.1. The van der Waals surface area contributed by atoms with Crippen LogP contribution in [-0.4, -0.2) is 22.6 Å². The Morgan fingerprint density at radius 3 is 2.50 bits per heavy atom. The lowest BCUT2D eigenvalue weighted by molar-refractivity contribution is 0.0947. The molecule has 22 heavy (non-hydrogen) atoms. The van der Waals surface area contributed by atoms with Crippen molar-refractivity contribution >= 4 is 11.7 Å².